The first-order valence-electron chi connectivity index (χ1n) is 17.5. The lowest BCUT2D eigenvalue weighted by Crippen LogP contribution is -2.54. The summed E-state index contributed by atoms with van der Waals surface area (Å²) in [6, 6.07) is 0. The Hall–Kier alpha value is 0.780. The van der Waals surface area contributed by atoms with Gasteiger partial charge in [0, 0.05) is 10.3 Å². The van der Waals surface area contributed by atoms with Crippen LogP contribution in [0.25, 0.3) is 0 Å². The molecule has 0 aromatic rings. The van der Waals surface area contributed by atoms with Crippen LogP contribution in [0.4, 0.5) is 0 Å². The maximum atomic E-state index is 7.20. The van der Waals surface area contributed by atoms with Crippen molar-refractivity contribution in [1.82, 2.24) is 0 Å². The van der Waals surface area contributed by atoms with Crippen LogP contribution < -0.4 is 0 Å². The van der Waals surface area contributed by atoms with Crippen LogP contribution in [-0.4, -0.2) is 50.9 Å². The Morgan fingerprint density at radius 2 is 0.667 bits per heavy atom. The van der Waals surface area contributed by atoms with Crippen molar-refractivity contribution in [3.63, 3.8) is 0 Å². The van der Waals surface area contributed by atoms with Crippen LogP contribution >= 0.6 is 15.8 Å². The van der Waals surface area contributed by atoms with Crippen molar-refractivity contribution in [1.29, 1.82) is 0 Å². The van der Waals surface area contributed by atoms with Crippen LogP contribution in [-0.2, 0) is 9.47 Å². The molecule has 0 unspecified atom stereocenters. The summed E-state index contributed by atoms with van der Waals surface area (Å²) in [6.45, 7) is 15.2. The summed E-state index contributed by atoms with van der Waals surface area (Å²) in [5, 5.41) is 0.407. The average Bonchev–Trinajstić information content (AvgIpc) is 3.28. The van der Waals surface area contributed by atoms with Gasteiger partial charge >= 0.3 is 0 Å². The van der Waals surface area contributed by atoms with Crippen molar-refractivity contribution in [3.05, 3.63) is 0 Å². The van der Waals surface area contributed by atoms with Gasteiger partial charge in [-0.05, 0) is 87.9 Å². The van der Waals surface area contributed by atoms with E-state index in [1.165, 1.54) is 128 Å². The van der Waals surface area contributed by atoms with E-state index in [-0.39, 0.29) is 38.4 Å². The predicted octanol–water partition coefficient (Wildman–Crippen LogP) is 11.4. The van der Waals surface area contributed by atoms with Crippen molar-refractivity contribution in [2.45, 2.75) is 221 Å². The van der Waals surface area contributed by atoms with E-state index in [1.807, 2.05) is 0 Å². The second-order valence-corrected chi connectivity index (χ2v) is 22.6. The van der Waals surface area contributed by atoms with Gasteiger partial charge in [-0.25, -0.2) is 0 Å². The summed E-state index contributed by atoms with van der Waals surface area (Å²) < 4.78 is 14.4. The van der Waals surface area contributed by atoms with Crippen molar-refractivity contribution in [2.75, 3.05) is 0 Å². The van der Waals surface area contributed by atoms with Gasteiger partial charge in [0.25, 0.3) is 0 Å². The quantitative estimate of drug-likeness (QED) is 0.267. The first-order chi connectivity index (χ1) is 18.6. The molecule has 5 rings (SSSR count). The van der Waals surface area contributed by atoms with Gasteiger partial charge < -0.3 is 9.47 Å². The molecule has 0 N–H and O–H groups in total. The van der Waals surface area contributed by atoms with E-state index in [9.17, 15) is 0 Å². The summed E-state index contributed by atoms with van der Waals surface area (Å²) in [7, 11) is -0.225. The zero-order chi connectivity index (χ0) is 27.7. The second-order valence-electron chi connectivity index (χ2n) is 15.8. The first-order valence-corrected chi connectivity index (χ1v) is 20.5. The van der Waals surface area contributed by atoms with Gasteiger partial charge in [0.05, 0.1) is 12.2 Å². The summed E-state index contributed by atoms with van der Waals surface area (Å²) in [4.78, 5) is 0. The van der Waals surface area contributed by atoms with Crippen LogP contribution in [0.2, 0.25) is 0 Å². The van der Waals surface area contributed by atoms with Gasteiger partial charge in [-0.3, -0.25) is 0 Å². The minimum Gasteiger partial charge on any atom is -0.344 e. The first kappa shape index (κ1) is 31.2. The zero-order valence-electron chi connectivity index (χ0n) is 26.8. The summed E-state index contributed by atoms with van der Waals surface area (Å²) >= 11 is 0. The van der Waals surface area contributed by atoms with Gasteiger partial charge in [-0.15, -0.1) is 0 Å². The molecule has 5 aliphatic rings. The summed E-state index contributed by atoms with van der Waals surface area (Å²) in [5.74, 6) is -0.468. The monoisotopic (exact) mass is 578 g/mol. The Balaban J connectivity index is 1.49. The molecule has 0 bridgehead atoms. The molecule has 0 aromatic heterocycles. The third kappa shape index (κ3) is 6.97. The molecule has 226 valence electrons. The number of rotatable bonds is 8. The molecule has 4 aliphatic carbocycles. The Kier molecular flexibility index (Phi) is 10.6. The van der Waals surface area contributed by atoms with E-state index in [0.29, 0.717) is 0 Å². The largest absolute Gasteiger partial charge is 0.344 e. The molecule has 0 radical (unpaired) electrons. The Bertz CT molecular complexity index is 657. The average molecular weight is 579 g/mol. The molecule has 2 nitrogen and oxygen atoms in total. The molecule has 1 saturated heterocycles. The van der Waals surface area contributed by atoms with E-state index < -0.39 is 5.79 Å². The number of hydrogen-bond acceptors (Lipinski definition) is 2. The lowest BCUT2D eigenvalue weighted by atomic mass is 9.92. The van der Waals surface area contributed by atoms with Gasteiger partial charge in [0.15, 0.2) is 5.79 Å². The second kappa shape index (κ2) is 13.2. The lowest BCUT2D eigenvalue weighted by molar-refractivity contribution is -0.150. The SMILES string of the molecule is CC1(C)O[C@H](C(C)(C)P(C2CCCCC2)C2CCCCC2)[C@@H](C(C)(C)P(C2CCCCC2)C2CCCCC2)O1. The highest BCUT2D eigenvalue weighted by molar-refractivity contribution is 7.61. The van der Waals surface area contributed by atoms with Gasteiger partial charge in [-0.2, -0.15) is 0 Å². The number of ether oxygens (including phenoxy) is 2. The normalized spacial score (nSPS) is 31.4. The van der Waals surface area contributed by atoms with E-state index >= 15 is 0 Å². The van der Waals surface area contributed by atoms with Crippen LogP contribution in [0, 0.1) is 0 Å². The Morgan fingerprint density at radius 3 is 0.897 bits per heavy atom. The van der Waals surface area contributed by atoms with E-state index in [1.54, 1.807) is 0 Å². The van der Waals surface area contributed by atoms with Gasteiger partial charge in [0.2, 0.25) is 0 Å². The molecule has 0 aromatic carbocycles. The maximum absolute atomic E-state index is 7.20. The fourth-order valence-corrected chi connectivity index (χ4v) is 19.6. The van der Waals surface area contributed by atoms with Crippen molar-refractivity contribution < 1.29 is 9.47 Å². The fraction of sp³-hybridized carbons (Fsp3) is 1.00. The van der Waals surface area contributed by atoms with Crippen molar-refractivity contribution in [3.8, 4) is 0 Å². The van der Waals surface area contributed by atoms with Crippen LogP contribution in [0.15, 0.2) is 0 Å². The van der Waals surface area contributed by atoms with Gasteiger partial charge in [-0.1, -0.05) is 121 Å². The Morgan fingerprint density at radius 1 is 0.436 bits per heavy atom. The van der Waals surface area contributed by atoms with E-state index in [2.05, 4.69) is 41.5 Å². The molecule has 39 heavy (non-hydrogen) atoms. The maximum Gasteiger partial charge on any atom is 0.163 e. The van der Waals surface area contributed by atoms with Crippen molar-refractivity contribution in [2.24, 2.45) is 0 Å². The minimum absolute atomic E-state index is 0.113. The highest BCUT2D eigenvalue weighted by Gasteiger charge is 2.60. The molecule has 0 amide bonds. The highest BCUT2D eigenvalue weighted by atomic mass is 31.1. The molecule has 4 saturated carbocycles. The Labute approximate surface area is 245 Å². The fourth-order valence-electron chi connectivity index (χ4n) is 10.0. The van der Waals surface area contributed by atoms with Crippen LogP contribution in [0.5, 0.6) is 0 Å². The minimum atomic E-state index is -0.468. The standard InChI is InChI=1S/C35H64O2P2/c1-33(2,38(27-19-11-7-12-20-27)28-21-13-8-14-22-28)31-32(37-35(5,6)36-31)34(3,4)39(29-23-15-9-16-24-29)30-25-17-10-18-26-30/h27-32H,7-26H2,1-6H3/t31-,32-/m0/s1. The third-order valence-electron chi connectivity index (χ3n) is 11.7. The lowest BCUT2D eigenvalue weighted by Gasteiger charge is -2.54. The third-order valence-corrected chi connectivity index (χ3v) is 20.1. The molecular weight excluding hydrogens is 514 g/mol. The molecule has 5 fully saturated rings. The molecular formula is C35H64O2P2. The summed E-state index contributed by atoms with van der Waals surface area (Å²) in [5.41, 5.74) is 3.78. The topological polar surface area (TPSA) is 18.5 Å². The van der Waals surface area contributed by atoms with Gasteiger partial charge in [0.1, 0.15) is 0 Å². The van der Waals surface area contributed by atoms with E-state index in [4.69, 9.17) is 9.47 Å². The summed E-state index contributed by atoms with van der Waals surface area (Å²) in [6.07, 6.45) is 29.8. The number of hydrogen-bond donors (Lipinski definition) is 0. The predicted molar refractivity (Wildman–Crippen MR) is 173 cm³/mol. The smallest absolute Gasteiger partial charge is 0.163 e. The van der Waals surface area contributed by atoms with Crippen LogP contribution in [0.1, 0.15) is 170 Å². The molecule has 1 aliphatic heterocycles. The van der Waals surface area contributed by atoms with Crippen LogP contribution in [0.3, 0.4) is 0 Å². The van der Waals surface area contributed by atoms with Crippen molar-refractivity contribution >= 4 is 15.8 Å². The highest BCUT2D eigenvalue weighted by Crippen LogP contribution is 2.70. The molecule has 1 heterocycles. The zero-order valence-corrected chi connectivity index (χ0v) is 28.6. The van der Waals surface area contributed by atoms with E-state index in [0.717, 1.165) is 22.6 Å². The molecule has 0 spiro atoms. The molecule has 4 heteroatoms. The molecule has 2 atom stereocenters.